The summed E-state index contributed by atoms with van der Waals surface area (Å²) in [6.45, 7) is 6.65. The molecule has 0 radical (unpaired) electrons. The van der Waals surface area contributed by atoms with Crippen LogP contribution in [0.25, 0.3) is 0 Å². The molecule has 2 aliphatic heterocycles. The van der Waals surface area contributed by atoms with E-state index in [9.17, 15) is 9.18 Å². The Labute approximate surface area is 149 Å². The summed E-state index contributed by atoms with van der Waals surface area (Å²) in [6.07, 6.45) is 2.97. The van der Waals surface area contributed by atoms with Gasteiger partial charge in [-0.3, -0.25) is 9.69 Å². The van der Waals surface area contributed by atoms with Gasteiger partial charge in [0, 0.05) is 37.8 Å². The van der Waals surface area contributed by atoms with Crippen LogP contribution in [0, 0.1) is 5.82 Å². The zero-order valence-electron chi connectivity index (χ0n) is 14.3. The van der Waals surface area contributed by atoms with Crippen LogP contribution in [0.2, 0.25) is 0 Å². The van der Waals surface area contributed by atoms with Crippen molar-refractivity contribution in [3.63, 3.8) is 0 Å². The lowest BCUT2D eigenvalue weighted by atomic mass is 10.00. The van der Waals surface area contributed by atoms with Crippen molar-refractivity contribution in [2.45, 2.75) is 38.8 Å². The summed E-state index contributed by atoms with van der Waals surface area (Å²) >= 11 is 0. The minimum Gasteiger partial charge on any atom is -0.336 e. The van der Waals surface area contributed by atoms with Crippen molar-refractivity contribution in [2.75, 3.05) is 32.7 Å². The van der Waals surface area contributed by atoms with Gasteiger partial charge in [-0.25, -0.2) is 4.39 Å². The fourth-order valence-electron chi connectivity index (χ4n) is 3.77. The Balaban J connectivity index is 0.00000208. The first-order chi connectivity index (χ1) is 11.2. The van der Waals surface area contributed by atoms with Gasteiger partial charge in [-0.15, -0.1) is 12.4 Å². The molecule has 6 heteroatoms. The van der Waals surface area contributed by atoms with E-state index >= 15 is 0 Å². The van der Waals surface area contributed by atoms with Crippen molar-refractivity contribution >= 4 is 18.3 Å². The number of halogens is 2. The van der Waals surface area contributed by atoms with Crippen LogP contribution in [0.4, 0.5) is 4.39 Å². The summed E-state index contributed by atoms with van der Waals surface area (Å²) < 4.78 is 14.2. The Bertz CT molecular complexity index is 569. The maximum atomic E-state index is 14.2. The van der Waals surface area contributed by atoms with Gasteiger partial charge in [-0.2, -0.15) is 0 Å². The summed E-state index contributed by atoms with van der Waals surface area (Å²) in [7, 11) is 0. The molecule has 134 valence electrons. The van der Waals surface area contributed by atoms with E-state index in [1.165, 1.54) is 0 Å². The SMILES string of the molecule is CCc1cccc(F)c1CN1CCCC(N2CCNCC2=O)C1.Cl. The number of hydrogen-bond acceptors (Lipinski definition) is 3. The van der Waals surface area contributed by atoms with E-state index in [1.807, 2.05) is 11.0 Å². The second-order valence-corrected chi connectivity index (χ2v) is 6.53. The van der Waals surface area contributed by atoms with Crippen molar-refractivity contribution in [3.05, 3.63) is 35.1 Å². The molecule has 1 N–H and O–H groups in total. The standard InChI is InChI=1S/C18H26FN3O.ClH/c1-2-14-5-3-7-17(19)16(14)13-21-9-4-6-15(12-21)22-10-8-20-11-18(22)23;/h3,5,7,15,20H,2,4,6,8-13H2,1H3;1H. The van der Waals surface area contributed by atoms with Gasteiger partial charge in [0.25, 0.3) is 0 Å². The zero-order chi connectivity index (χ0) is 16.2. The van der Waals surface area contributed by atoms with E-state index in [-0.39, 0.29) is 30.2 Å². The van der Waals surface area contributed by atoms with Gasteiger partial charge in [0.2, 0.25) is 5.91 Å². The predicted molar refractivity (Wildman–Crippen MR) is 95.9 cm³/mol. The number of amides is 1. The van der Waals surface area contributed by atoms with Crippen LogP contribution in [-0.4, -0.2) is 54.5 Å². The third-order valence-corrected chi connectivity index (χ3v) is 5.03. The van der Waals surface area contributed by atoms with Crippen molar-refractivity contribution in [1.82, 2.24) is 15.1 Å². The normalized spacial score (nSPS) is 22.3. The molecule has 1 atom stereocenters. The molecule has 2 saturated heterocycles. The Morgan fingerprint density at radius 1 is 1.33 bits per heavy atom. The van der Waals surface area contributed by atoms with E-state index < -0.39 is 0 Å². The van der Waals surface area contributed by atoms with Crippen molar-refractivity contribution in [3.8, 4) is 0 Å². The van der Waals surface area contributed by atoms with Gasteiger partial charge < -0.3 is 10.2 Å². The Hall–Kier alpha value is -1.17. The van der Waals surface area contributed by atoms with Crippen molar-refractivity contribution in [2.24, 2.45) is 0 Å². The van der Waals surface area contributed by atoms with Crippen LogP contribution in [-0.2, 0) is 17.8 Å². The lowest BCUT2D eigenvalue weighted by Crippen LogP contribution is -2.56. The first-order valence-electron chi connectivity index (χ1n) is 8.68. The zero-order valence-corrected chi connectivity index (χ0v) is 15.1. The second-order valence-electron chi connectivity index (χ2n) is 6.53. The monoisotopic (exact) mass is 355 g/mol. The van der Waals surface area contributed by atoms with Crippen LogP contribution >= 0.6 is 12.4 Å². The molecule has 24 heavy (non-hydrogen) atoms. The number of piperidine rings is 1. The number of carbonyl (C=O) groups is 1. The van der Waals surface area contributed by atoms with Gasteiger partial charge in [-0.05, 0) is 37.4 Å². The van der Waals surface area contributed by atoms with Crippen LogP contribution in [0.1, 0.15) is 30.9 Å². The maximum Gasteiger partial charge on any atom is 0.236 e. The average molecular weight is 356 g/mol. The highest BCUT2D eigenvalue weighted by Gasteiger charge is 2.30. The third-order valence-electron chi connectivity index (χ3n) is 5.03. The van der Waals surface area contributed by atoms with Crippen molar-refractivity contribution in [1.29, 1.82) is 0 Å². The van der Waals surface area contributed by atoms with Gasteiger partial charge in [0.05, 0.1) is 6.54 Å². The van der Waals surface area contributed by atoms with E-state index in [4.69, 9.17) is 0 Å². The third kappa shape index (κ3) is 4.26. The van der Waals surface area contributed by atoms with Crippen LogP contribution < -0.4 is 5.32 Å². The molecule has 0 saturated carbocycles. The number of piperazine rings is 1. The first-order valence-corrected chi connectivity index (χ1v) is 8.68. The second kappa shape index (κ2) is 8.79. The van der Waals surface area contributed by atoms with Gasteiger partial charge in [0.15, 0.2) is 0 Å². The summed E-state index contributed by atoms with van der Waals surface area (Å²) in [5, 5.41) is 3.12. The molecule has 2 aliphatic rings. The predicted octanol–water partition coefficient (Wildman–Crippen LogP) is 2.21. The number of carbonyl (C=O) groups excluding carboxylic acids is 1. The molecule has 1 aromatic rings. The minimum atomic E-state index is -0.107. The van der Waals surface area contributed by atoms with Crippen LogP contribution in [0.15, 0.2) is 18.2 Å². The summed E-state index contributed by atoms with van der Waals surface area (Å²) in [6, 6.07) is 5.63. The molecule has 1 aromatic carbocycles. The molecule has 0 spiro atoms. The molecule has 0 aliphatic carbocycles. The smallest absolute Gasteiger partial charge is 0.236 e. The van der Waals surface area contributed by atoms with Gasteiger partial charge in [0.1, 0.15) is 5.82 Å². The molecule has 2 heterocycles. The van der Waals surface area contributed by atoms with Crippen molar-refractivity contribution < 1.29 is 9.18 Å². The lowest BCUT2D eigenvalue weighted by molar-refractivity contribution is -0.135. The number of aryl methyl sites for hydroxylation is 1. The molecular formula is C18H27ClFN3O. The summed E-state index contributed by atoms with van der Waals surface area (Å²) in [5.41, 5.74) is 1.91. The Morgan fingerprint density at radius 3 is 2.92 bits per heavy atom. The number of nitrogens with zero attached hydrogens (tertiary/aromatic N) is 2. The number of rotatable bonds is 4. The minimum absolute atomic E-state index is 0. The fourth-order valence-corrected chi connectivity index (χ4v) is 3.77. The fraction of sp³-hybridized carbons (Fsp3) is 0.611. The van der Waals surface area contributed by atoms with E-state index in [0.29, 0.717) is 13.1 Å². The van der Waals surface area contributed by atoms with Crippen LogP contribution in [0.3, 0.4) is 0 Å². The molecule has 0 aromatic heterocycles. The molecule has 4 nitrogen and oxygen atoms in total. The molecule has 0 bridgehead atoms. The topological polar surface area (TPSA) is 35.6 Å². The number of likely N-dealkylation sites (tertiary alicyclic amines) is 1. The van der Waals surface area contributed by atoms with Gasteiger partial charge in [-0.1, -0.05) is 19.1 Å². The number of nitrogens with one attached hydrogen (secondary N) is 1. The molecular weight excluding hydrogens is 329 g/mol. The average Bonchev–Trinajstić information content (AvgIpc) is 2.57. The summed E-state index contributed by atoms with van der Waals surface area (Å²) in [4.78, 5) is 16.4. The Morgan fingerprint density at radius 2 is 2.17 bits per heavy atom. The maximum absolute atomic E-state index is 14.2. The number of hydrogen-bond donors (Lipinski definition) is 1. The lowest BCUT2D eigenvalue weighted by Gasteiger charge is -2.41. The van der Waals surface area contributed by atoms with E-state index in [1.54, 1.807) is 12.1 Å². The largest absolute Gasteiger partial charge is 0.336 e. The Kier molecular flexibility index (Phi) is 7.02. The highest BCUT2D eigenvalue weighted by Crippen LogP contribution is 2.22. The summed E-state index contributed by atoms with van der Waals surface area (Å²) in [5.74, 6) is 0.0907. The first kappa shape index (κ1) is 19.2. The molecule has 1 amide bonds. The van der Waals surface area contributed by atoms with Crippen LogP contribution in [0.5, 0.6) is 0 Å². The van der Waals surface area contributed by atoms with Gasteiger partial charge >= 0.3 is 0 Å². The number of benzene rings is 1. The molecule has 3 rings (SSSR count). The molecule has 1 unspecified atom stereocenters. The highest BCUT2D eigenvalue weighted by atomic mass is 35.5. The molecule has 2 fully saturated rings. The quantitative estimate of drug-likeness (QED) is 0.899. The van der Waals surface area contributed by atoms with E-state index in [2.05, 4.69) is 17.1 Å². The highest BCUT2D eigenvalue weighted by molar-refractivity contribution is 5.85. The van der Waals surface area contributed by atoms with E-state index in [0.717, 1.165) is 56.6 Å².